The molecule has 0 spiro atoms. The Hall–Kier alpha value is 0.733. The Morgan fingerprint density at radius 3 is 1.60 bits per heavy atom. The van der Waals surface area contributed by atoms with E-state index < -0.39 is 6.12 Å². The van der Waals surface area contributed by atoms with E-state index in [2.05, 4.69) is 19.9 Å². The van der Waals surface area contributed by atoms with Gasteiger partial charge in [0.25, 0.3) is 0 Å². The summed E-state index contributed by atoms with van der Waals surface area (Å²) in [5, 5.41) is 0. The molecule has 6 heteroatoms. The summed E-state index contributed by atoms with van der Waals surface area (Å²) in [6.45, 7) is 4.52. The van der Waals surface area contributed by atoms with Gasteiger partial charge in [-0.05, 0) is 48.9 Å². The number of aryl methyl sites for hydroxylation is 2. The molecule has 30 heavy (non-hydrogen) atoms. The van der Waals surface area contributed by atoms with Crippen molar-refractivity contribution in [3.05, 3.63) is 29.3 Å². The van der Waals surface area contributed by atoms with Gasteiger partial charge in [0, 0.05) is 0 Å². The van der Waals surface area contributed by atoms with E-state index in [1.807, 2.05) is 12.1 Å². The summed E-state index contributed by atoms with van der Waals surface area (Å²) in [6.07, 6.45) is 17.2. The standard InChI is InChI=1S/C24H43O2PS2.Zn/c1-3-5-7-9-11-13-15-17-22-19-20-24(26-27(25,28)29)21-23(22)18-16-14-12-10-8-6-4-2;/h19-21H,3-18H2,1-2H3,(H2,25,28,29);/q;+2/p-2. The summed E-state index contributed by atoms with van der Waals surface area (Å²) in [6, 6.07) is 6.04. The van der Waals surface area contributed by atoms with Crippen LogP contribution in [-0.4, -0.2) is 0 Å². The van der Waals surface area contributed by atoms with Gasteiger partial charge in [0.15, 0.2) is 5.75 Å². The quantitative estimate of drug-likeness (QED) is 0.0854. The van der Waals surface area contributed by atoms with Crippen LogP contribution in [-0.2, 0) is 56.8 Å². The van der Waals surface area contributed by atoms with Crippen molar-refractivity contribution in [3.63, 3.8) is 0 Å². The van der Waals surface area contributed by atoms with Crippen LogP contribution in [0.15, 0.2) is 18.2 Å². The van der Waals surface area contributed by atoms with Crippen molar-refractivity contribution in [2.45, 2.75) is 117 Å². The van der Waals surface area contributed by atoms with E-state index in [1.165, 1.54) is 101 Å². The van der Waals surface area contributed by atoms with Gasteiger partial charge in [-0.15, -0.1) is 6.12 Å². The maximum atomic E-state index is 11.7. The fourth-order valence-electron chi connectivity index (χ4n) is 3.81. The minimum Gasteiger partial charge on any atom is -0.682 e. The van der Waals surface area contributed by atoms with Gasteiger partial charge in [0.1, 0.15) is 0 Å². The van der Waals surface area contributed by atoms with Crippen LogP contribution in [0.4, 0.5) is 0 Å². The minimum atomic E-state index is -3.34. The molecule has 0 aliphatic rings. The molecule has 0 atom stereocenters. The molecule has 1 aromatic rings. The third-order valence-electron chi connectivity index (χ3n) is 5.49. The second-order valence-electron chi connectivity index (χ2n) is 8.21. The zero-order valence-electron chi connectivity index (χ0n) is 19.3. The van der Waals surface area contributed by atoms with Crippen molar-refractivity contribution in [3.8, 4) is 5.75 Å². The number of hydrogen-bond acceptors (Lipinski definition) is 4. The summed E-state index contributed by atoms with van der Waals surface area (Å²) < 4.78 is 5.33. The van der Waals surface area contributed by atoms with Gasteiger partial charge >= 0.3 is 19.5 Å². The molecule has 0 unspecified atom stereocenters. The Bertz CT molecular complexity index is 538. The number of hydrogen-bond donors (Lipinski definition) is 0. The van der Waals surface area contributed by atoms with Gasteiger partial charge in [0.05, 0.1) is 0 Å². The first kappa shape index (κ1) is 30.7. The Balaban J connectivity index is 0.00000841. The third-order valence-corrected chi connectivity index (χ3v) is 6.38. The monoisotopic (exact) mass is 520 g/mol. The van der Waals surface area contributed by atoms with E-state index >= 15 is 0 Å². The van der Waals surface area contributed by atoms with Crippen molar-refractivity contribution in [2.24, 2.45) is 0 Å². The summed E-state index contributed by atoms with van der Waals surface area (Å²) in [7, 11) is 0. The Morgan fingerprint density at radius 1 is 0.700 bits per heavy atom. The molecule has 0 aliphatic carbocycles. The summed E-state index contributed by atoms with van der Waals surface area (Å²) in [4.78, 5) is 11.7. The summed E-state index contributed by atoms with van der Waals surface area (Å²) >= 11 is 9.55. The normalized spacial score (nSPS) is 11.4. The molecular formula is C24H41O2PS2Zn. The molecule has 0 saturated heterocycles. The van der Waals surface area contributed by atoms with Crippen LogP contribution >= 0.6 is 6.12 Å². The average Bonchev–Trinajstić information content (AvgIpc) is 2.66. The van der Waals surface area contributed by atoms with Crippen molar-refractivity contribution in [2.75, 3.05) is 0 Å². The Labute approximate surface area is 210 Å². The van der Waals surface area contributed by atoms with Crippen molar-refractivity contribution in [1.29, 1.82) is 0 Å². The van der Waals surface area contributed by atoms with Crippen LogP contribution in [0, 0.1) is 0 Å². The van der Waals surface area contributed by atoms with Crippen LogP contribution in [0.5, 0.6) is 5.75 Å². The van der Waals surface area contributed by atoms with Crippen LogP contribution in [0.1, 0.15) is 115 Å². The van der Waals surface area contributed by atoms with Crippen LogP contribution in [0.25, 0.3) is 0 Å². The average molecular weight is 522 g/mol. The predicted octanol–water partition coefficient (Wildman–Crippen LogP) is 7.78. The fraction of sp³-hybridized carbons (Fsp3) is 0.750. The van der Waals surface area contributed by atoms with Gasteiger partial charge in [-0.1, -0.05) is 97.0 Å². The Morgan fingerprint density at radius 2 is 1.13 bits per heavy atom. The van der Waals surface area contributed by atoms with Crippen molar-refractivity contribution < 1.29 is 28.9 Å². The number of rotatable bonds is 18. The molecular weight excluding hydrogens is 481 g/mol. The molecule has 0 radical (unpaired) electrons. The fourth-order valence-corrected chi connectivity index (χ4v) is 4.70. The zero-order valence-corrected chi connectivity index (χ0v) is 24.8. The van der Waals surface area contributed by atoms with Crippen molar-refractivity contribution in [1.82, 2.24) is 0 Å². The number of benzene rings is 1. The van der Waals surface area contributed by atoms with Crippen LogP contribution < -0.4 is 9.42 Å². The van der Waals surface area contributed by atoms with Gasteiger partial charge in [0.2, 0.25) is 0 Å². The molecule has 168 valence electrons. The van der Waals surface area contributed by atoms with E-state index in [0.717, 1.165) is 12.8 Å². The number of unbranched alkanes of at least 4 members (excludes halogenated alkanes) is 12. The maximum absolute atomic E-state index is 11.7. The molecule has 0 N–H and O–H groups in total. The molecule has 0 heterocycles. The van der Waals surface area contributed by atoms with Crippen molar-refractivity contribution >= 4 is 30.6 Å². The van der Waals surface area contributed by atoms with Crippen LogP contribution in [0.3, 0.4) is 0 Å². The van der Waals surface area contributed by atoms with Gasteiger partial charge in [-0.25, -0.2) is 0 Å². The Kier molecular flexibility index (Phi) is 19.7. The van der Waals surface area contributed by atoms with E-state index in [0.29, 0.717) is 5.75 Å². The molecule has 0 amide bonds. The van der Waals surface area contributed by atoms with Crippen LogP contribution in [0.2, 0.25) is 0 Å². The zero-order chi connectivity index (χ0) is 21.4. The molecule has 0 bridgehead atoms. The molecule has 1 rings (SSSR count). The summed E-state index contributed by atoms with van der Waals surface area (Å²) in [5.74, 6) is 0.569. The molecule has 0 aromatic heterocycles. The topological polar surface area (TPSA) is 32.3 Å². The summed E-state index contributed by atoms with van der Waals surface area (Å²) in [5.41, 5.74) is 2.72. The van der Waals surface area contributed by atoms with E-state index in [-0.39, 0.29) is 19.5 Å². The molecule has 2 nitrogen and oxygen atoms in total. The van der Waals surface area contributed by atoms with Gasteiger partial charge in [-0.2, -0.15) is 0 Å². The SMILES string of the molecule is CCCCCCCCCc1ccc(O[P+]([O-])([S-])[S-])cc1CCCCCCCCC.[Zn+2]. The first-order valence-electron chi connectivity index (χ1n) is 11.8. The van der Waals surface area contributed by atoms with E-state index in [1.54, 1.807) is 0 Å². The molecule has 0 saturated carbocycles. The minimum absolute atomic E-state index is 0. The maximum Gasteiger partial charge on any atom is 2.00 e. The molecule has 0 fully saturated rings. The first-order chi connectivity index (χ1) is 14.0. The molecule has 0 aliphatic heterocycles. The second-order valence-corrected chi connectivity index (χ2v) is 12.9. The van der Waals surface area contributed by atoms with Gasteiger partial charge < -0.3 is 33.9 Å². The first-order valence-corrected chi connectivity index (χ1v) is 15.4. The third kappa shape index (κ3) is 16.4. The molecule has 1 aromatic carbocycles. The predicted molar refractivity (Wildman–Crippen MR) is 132 cm³/mol. The van der Waals surface area contributed by atoms with E-state index in [9.17, 15) is 4.89 Å². The smallest absolute Gasteiger partial charge is 0.682 e. The van der Waals surface area contributed by atoms with E-state index in [4.69, 9.17) is 29.0 Å². The largest absolute Gasteiger partial charge is 2.00 e. The van der Waals surface area contributed by atoms with Gasteiger partial charge in [-0.3, -0.25) is 0 Å². The second kappa shape index (κ2) is 19.2.